The summed E-state index contributed by atoms with van der Waals surface area (Å²) in [6.07, 6.45) is 0.396. The van der Waals surface area contributed by atoms with Crippen molar-refractivity contribution in [3.8, 4) is 17.2 Å². The number of hydrogen-bond acceptors (Lipinski definition) is 5. The van der Waals surface area contributed by atoms with Gasteiger partial charge in [-0.15, -0.1) is 0 Å². The Balaban J connectivity index is 2.65. The van der Waals surface area contributed by atoms with E-state index in [4.69, 9.17) is 14.6 Å². The van der Waals surface area contributed by atoms with E-state index in [0.717, 1.165) is 12.1 Å². The van der Waals surface area contributed by atoms with Gasteiger partial charge in [-0.1, -0.05) is 0 Å². The zero-order valence-corrected chi connectivity index (χ0v) is 11.1. The number of rotatable bonds is 7. The summed E-state index contributed by atoms with van der Waals surface area (Å²) in [5.74, 6) is 0.788. The van der Waals surface area contributed by atoms with Crippen LogP contribution in [-0.2, 0) is 6.54 Å². The van der Waals surface area contributed by atoms with Crippen molar-refractivity contribution in [1.29, 1.82) is 0 Å². The fraction of sp³-hybridized carbons (Fsp3) is 0.538. The number of aliphatic hydroxyl groups is 1. The third kappa shape index (κ3) is 4.09. The molecule has 0 saturated carbocycles. The topological polar surface area (TPSA) is 71.0 Å². The van der Waals surface area contributed by atoms with E-state index < -0.39 is 0 Å². The Labute approximate surface area is 107 Å². The van der Waals surface area contributed by atoms with E-state index in [2.05, 4.69) is 5.32 Å². The molecule has 0 aliphatic heterocycles. The minimum atomic E-state index is -0.304. The quantitative estimate of drug-likeness (QED) is 0.640. The van der Waals surface area contributed by atoms with E-state index in [9.17, 15) is 5.11 Å². The molecule has 0 saturated heterocycles. The maximum absolute atomic E-state index is 9.75. The van der Waals surface area contributed by atoms with Crippen molar-refractivity contribution >= 4 is 0 Å². The highest BCUT2D eigenvalue weighted by Gasteiger charge is 2.10. The van der Waals surface area contributed by atoms with Gasteiger partial charge in [0.2, 0.25) is 5.75 Å². The molecule has 0 aliphatic rings. The van der Waals surface area contributed by atoms with Gasteiger partial charge in [0, 0.05) is 6.54 Å². The van der Waals surface area contributed by atoms with Crippen LogP contribution in [0.2, 0.25) is 0 Å². The number of phenols is 1. The highest BCUT2D eigenvalue weighted by atomic mass is 16.5. The predicted molar refractivity (Wildman–Crippen MR) is 69.2 cm³/mol. The molecule has 0 fully saturated rings. The molecule has 1 atom stereocenters. The summed E-state index contributed by atoms with van der Waals surface area (Å²) in [5.41, 5.74) is 0.951. The van der Waals surface area contributed by atoms with Crippen LogP contribution in [-0.4, -0.2) is 37.1 Å². The summed E-state index contributed by atoms with van der Waals surface area (Å²) >= 11 is 0. The number of hydrogen-bond donors (Lipinski definition) is 3. The SMILES string of the molecule is COc1cc(CNCCC(C)O)cc(OC)c1O. The van der Waals surface area contributed by atoms with E-state index in [-0.39, 0.29) is 11.9 Å². The average molecular weight is 255 g/mol. The molecular formula is C13H21NO4. The Morgan fingerprint density at radius 2 is 1.78 bits per heavy atom. The second-order valence-electron chi connectivity index (χ2n) is 4.16. The molecule has 0 amide bonds. The Morgan fingerprint density at radius 1 is 1.22 bits per heavy atom. The summed E-state index contributed by atoms with van der Waals surface area (Å²) in [6, 6.07) is 3.51. The van der Waals surface area contributed by atoms with Crippen molar-refractivity contribution in [3.63, 3.8) is 0 Å². The van der Waals surface area contributed by atoms with Gasteiger partial charge in [-0.3, -0.25) is 0 Å². The van der Waals surface area contributed by atoms with E-state index in [1.807, 2.05) is 0 Å². The van der Waals surface area contributed by atoms with Gasteiger partial charge in [-0.25, -0.2) is 0 Å². The van der Waals surface area contributed by atoms with Crippen molar-refractivity contribution in [3.05, 3.63) is 17.7 Å². The van der Waals surface area contributed by atoms with Gasteiger partial charge in [-0.2, -0.15) is 0 Å². The van der Waals surface area contributed by atoms with Crippen LogP contribution in [0.5, 0.6) is 17.2 Å². The summed E-state index contributed by atoms with van der Waals surface area (Å²) in [6.45, 7) is 3.11. The number of ether oxygens (including phenoxy) is 2. The lowest BCUT2D eigenvalue weighted by atomic mass is 10.1. The molecule has 5 heteroatoms. The van der Waals surface area contributed by atoms with Gasteiger partial charge in [0.15, 0.2) is 11.5 Å². The maximum atomic E-state index is 9.75. The lowest BCUT2D eigenvalue weighted by molar-refractivity contribution is 0.183. The van der Waals surface area contributed by atoms with Gasteiger partial charge in [0.05, 0.1) is 20.3 Å². The second kappa shape index (κ2) is 7.08. The standard InChI is InChI=1S/C13H21NO4/c1-9(15)4-5-14-8-10-6-11(17-2)13(16)12(7-10)18-3/h6-7,9,14-16H,4-5,8H2,1-3H3. The number of benzene rings is 1. The lowest BCUT2D eigenvalue weighted by Gasteiger charge is -2.12. The molecule has 0 aromatic heterocycles. The van der Waals surface area contributed by atoms with E-state index in [1.54, 1.807) is 19.1 Å². The fourth-order valence-corrected chi connectivity index (χ4v) is 1.59. The van der Waals surface area contributed by atoms with Gasteiger partial charge in [0.1, 0.15) is 0 Å². The van der Waals surface area contributed by atoms with Crippen LogP contribution in [0.3, 0.4) is 0 Å². The van der Waals surface area contributed by atoms with Crippen LogP contribution in [0, 0.1) is 0 Å². The van der Waals surface area contributed by atoms with E-state index in [0.29, 0.717) is 24.5 Å². The Kier molecular flexibility index (Phi) is 5.74. The first-order valence-corrected chi connectivity index (χ1v) is 5.91. The predicted octanol–water partition coefficient (Wildman–Crippen LogP) is 1.27. The molecule has 3 N–H and O–H groups in total. The van der Waals surface area contributed by atoms with Crippen LogP contribution < -0.4 is 14.8 Å². The van der Waals surface area contributed by atoms with E-state index >= 15 is 0 Å². The molecule has 1 aromatic rings. The third-order valence-electron chi connectivity index (χ3n) is 2.61. The largest absolute Gasteiger partial charge is 0.502 e. The van der Waals surface area contributed by atoms with Crippen molar-refractivity contribution in [2.24, 2.45) is 0 Å². The molecule has 102 valence electrons. The Hall–Kier alpha value is -1.46. The highest BCUT2D eigenvalue weighted by Crippen LogP contribution is 2.36. The van der Waals surface area contributed by atoms with Crippen molar-refractivity contribution in [1.82, 2.24) is 5.32 Å². The first-order valence-electron chi connectivity index (χ1n) is 5.91. The normalized spacial score (nSPS) is 12.2. The molecule has 18 heavy (non-hydrogen) atoms. The van der Waals surface area contributed by atoms with Crippen LogP contribution in [0.1, 0.15) is 18.9 Å². The molecule has 5 nitrogen and oxygen atoms in total. The van der Waals surface area contributed by atoms with Crippen molar-refractivity contribution in [2.75, 3.05) is 20.8 Å². The van der Waals surface area contributed by atoms with Crippen molar-refractivity contribution < 1.29 is 19.7 Å². The minimum Gasteiger partial charge on any atom is -0.502 e. The second-order valence-corrected chi connectivity index (χ2v) is 4.16. The van der Waals surface area contributed by atoms with Gasteiger partial charge in [-0.05, 0) is 37.6 Å². The molecule has 0 aliphatic carbocycles. The maximum Gasteiger partial charge on any atom is 0.200 e. The molecule has 1 rings (SSSR count). The van der Waals surface area contributed by atoms with Gasteiger partial charge < -0.3 is 25.0 Å². The summed E-state index contributed by atoms with van der Waals surface area (Å²) in [5, 5.41) is 22.1. The zero-order chi connectivity index (χ0) is 13.5. The summed E-state index contributed by atoms with van der Waals surface area (Å²) in [7, 11) is 3.00. The highest BCUT2D eigenvalue weighted by molar-refractivity contribution is 5.52. The third-order valence-corrected chi connectivity index (χ3v) is 2.61. The first-order chi connectivity index (χ1) is 8.58. The van der Waals surface area contributed by atoms with Crippen LogP contribution >= 0.6 is 0 Å². The molecule has 0 bridgehead atoms. The van der Waals surface area contributed by atoms with Gasteiger partial charge >= 0.3 is 0 Å². The van der Waals surface area contributed by atoms with Crippen LogP contribution in [0.25, 0.3) is 0 Å². The lowest BCUT2D eigenvalue weighted by Crippen LogP contribution is -2.18. The minimum absolute atomic E-state index is 0.00716. The van der Waals surface area contributed by atoms with Crippen LogP contribution in [0.15, 0.2) is 12.1 Å². The smallest absolute Gasteiger partial charge is 0.200 e. The average Bonchev–Trinajstić information content (AvgIpc) is 2.35. The molecular weight excluding hydrogens is 234 g/mol. The monoisotopic (exact) mass is 255 g/mol. The molecule has 0 heterocycles. The van der Waals surface area contributed by atoms with E-state index in [1.165, 1.54) is 14.2 Å². The zero-order valence-electron chi connectivity index (χ0n) is 11.1. The molecule has 0 spiro atoms. The number of aliphatic hydroxyl groups excluding tert-OH is 1. The fourth-order valence-electron chi connectivity index (χ4n) is 1.59. The molecule has 1 aromatic carbocycles. The summed E-state index contributed by atoms with van der Waals surface area (Å²) < 4.78 is 10.1. The Morgan fingerprint density at radius 3 is 2.22 bits per heavy atom. The molecule has 1 unspecified atom stereocenters. The van der Waals surface area contributed by atoms with Gasteiger partial charge in [0.25, 0.3) is 0 Å². The number of methoxy groups -OCH3 is 2. The first kappa shape index (κ1) is 14.6. The molecule has 0 radical (unpaired) electrons. The number of nitrogens with one attached hydrogen (secondary N) is 1. The number of aromatic hydroxyl groups is 1. The van der Waals surface area contributed by atoms with Crippen molar-refractivity contribution in [2.45, 2.75) is 26.0 Å². The number of phenolic OH excluding ortho intramolecular Hbond substituents is 1. The Bertz CT molecular complexity index is 354. The van der Waals surface area contributed by atoms with Crippen LogP contribution in [0.4, 0.5) is 0 Å². The summed E-state index contributed by atoms with van der Waals surface area (Å²) in [4.78, 5) is 0.